The lowest BCUT2D eigenvalue weighted by atomic mass is 9.43. The van der Waals surface area contributed by atoms with E-state index in [9.17, 15) is 9.59 Å². The molecular formula is C27H38O4. The number of Topliss-reactive ketones (excluding diaryl/α,β-unsaturated/α-hetero) is 1. The Morgan fingerprint density at radius 3 is 2.45 bits per heavy atom. The van der Waals surface area contributed by atoms with E-state index in [4.69, 9.17) is 9.15 Å². The Balaban J connectivity index is 1.61. The molecule has 0 saturated heterocycles. The van der Waals surface area contributed by atoms with Gasteiger partial charge < -0.3 is 9.15 Å². The maximum Gasteiger partial charge on any atom is 0.303 e. The maximum absolute atomic E-state index is 14.0. The highest BCUT2D eigenvalue weighted by molar-refractivity contribution is 6.00. The molecule has 170 valence electrons. The lowest BCUT2D eigenvalue weighted by Crippen LogP contribution is -2.54. The van der Waals surface area contributed by atoms with Crippen molar-refractivity contribution in [3.05, 3.63) is 23.7 Å². The first kappa shape index (κ1) is 21.3. The predicted octanol–water partition coefficient (Wildman–Crippen LogP) is 6.75. The molecule has 0 N–H and O–H groups in total. The van der Waals surface area contributed by atoms with Crippen molar-refractivity contribution in [1.29, 1.82) is 0 Å². The van der Waals surface area contributed by atoms with Crippen molar-refractivity contribution in [1.82, 2.24) is 0 Å². The fraction of sp³-hybridized carbons (Fsp3) is 0.778. The molecule has 4 heteroatoms. The molecule has 0 spiro atoms. The van der Waals surface area contributed by atoms with Crippen LogP contribution >= 0.6 is 0 Å². The number of fused-ring (bicyclic) bond motifs is 6. The van der Waals surface area contributed by atoms with Crippen LogP contribution < -0.4 is 0 Å². The van der Waals surface area contributed by atoms with Crippen molar-refractivity contribution in [2.24, 2.45) is 39.4 Å². The highest BCUT2D eigenvalue weighted by Crippen LogP contribution is 2.74. The summed E-state index contributed by atoms with van der Waals surface area (Å²) < 4.78 is 11.5. The quantitative estimate of drug-likeness (QED) is 0.466. The zero-order chi connectivity index (χ0) is 22.4. The Labute approximate surface area is 186 Å². The summed E-state index contributed by atoms with van der Waals surface area (Å²) >= 11 is 0. The van der Waals surface area contributed by atoms with Crippen molar-refractivity contribution in [3.8, 4) is 0 Å². The fourth-order valence-corrected chi connectivity index (χ4v) is 9.31. The first-order chi connectivity index (χ1) is 14.4. The van der Waals surface area contributed by atoms with Crippen LogP contribution in [-0.4, -0.2) is 11.8 Å². The van der Waals surface area contributed by atoms with Gasteiger partial charge in [0.05, 0.1) is 6.26 Å². The number of rotatable bonds is 1. The van der Waals surface area contributed by atoms with Crippen LogP contribution in [-0.2, 0) is 9.53 Å². The summed E-state index contributed by atoms with van der Waals surface area (Å²) in [4.78, 5) is 25.9. The SMILES string of the molecule is CC(=O)O[C@H]1C[C@H]2[C@]3(C)CC[C@H]4C(C)(C)CCC[C@]4(C)[C@H]3C[C@]2(C)C(=O)c2occc21. The van der Waals surface area contributed by atoms with Crippen molar-refractivity contribution < 1.29 is 18.7 Å². The molecule has 5 rings (SSSR count). The Morgan fingerprint density at radius 2 is 1.74 bits per heavy atom. The third-order valence-corrected chi connectivity index (χ3v) is 10.6. The monoisotopic (exact) mass is 426 g/mol. The van der Waals surface area contributed by atoms with Gasteiger partial charge in [-0.05, 0) is 78.6 Å². The van der Waals surface area contributed by atoms with Crippen LogP contribution in [0.3, 0.4) is 0 Å². The van der Waals surface area contributed by atoms with Gasteiger partial charge >= 0.3 is 5.97 Å². The van der Waals surface area contributed by atoms with Crippen molar-refractivity contribution >= 4 is 11.8 Å². The Kier molecular flexibility index (Phi) is 4.45. The van der Waals surface area contributed by atoms with Crippen LogP contribution in [0, 0.1) is 39.4 Å². The fourth-order valence-electron chi connectivity index (χ4n) is 9.31. The average Bonchev–Trinajstić information content (AvgIpc) is 3.21. The minimum absolute atomic E-state index is 0.0744. The molecule has 3 saturated carbocycles. The molecule has 4 nitrogen and oxygen atoms in total. The van der Waals surface area contributed by atoms with Gasteiger partial charge in [-0.25, -0.2) is 0 Å². The molecule has 0 aliphatic heterocycles. The number of ketones is 1. The smallest absolute Gasteiger partial charge is 0.303 e. The average molecular weight is 427 g/mol. The number of hydrogen-bond acceptors (Lipinski definition) is 4. The molecule has 0 radical (unpaired) electrons. The van der Waals surface area contributed by atoms with Gasteiger partial charge in [-0.2, -0.15) is 0 Å². The van der Waals surface area contributed by atoms with Crippen LogP contribution in [0.5, 0.6) is 0 Å². The number of esters is 1. The second-order valence-electron chi connectivity index (χ2n) is 12.5. The van der Waals surface area contributed by atoms with Gasteiger partial charge in [0.15, 0.2) is 5.76 Å². The van der Waals surface area contributed by atoms with Crippen molar-refractivity contribution in [2.45, 2.75) is 92.6 Å². The molecule has 4 aliphatic rings. The van der Waals surface area contributed by atoms with E-state index >= 15 is 0 Å². The minimum Gasteiger partial charge on any atom is -0.461 e. The summed E-state index contributed by atoms with van der Waals surface area (Å²) in [5.41, 5.74) is 0.978. The van der Waals surface area contributed by atoms with E-state index in [1.807, 2.05) is 6.07 Å². The van der Waals surface area contributed by atoms with E-state index in [-0.39, 0.29) is 28.5 Å². The summed E-state index contributed by atoms with van der Waals surface area (Å²) in [7, 11) is 0. The summed E-state index contributed by atoms with van der Waals surface area (Å²) in [5.74, 6) is 1.65. The number of hydrogen-bond donors (Lipinski definition) is 0. The van der Waals surface area contributed by atoms with Crippen LogP contribution in [0.4, 0.5) is 0 Å². The Morgan fingerprint density at radius 1 is 1.03 bits per heavy atom. The van der Waals surface area contributed by atoms with E-state index in [1.165, 1.54) is 32.6 Å². The van der Waals surface area contributed by atoms with E-state index in [0.717, 1.165) is 18.4 Å². The van der Waals surface area contributed by atoms with Crippen LogP contribution in [0.15, 0.2) is 16.7 Å². The summed E-state index contributed by atoms with van der Waals surface area (Å²) in [6.45, 7) is 13.5. The highest BCUT2D eigenvalue weighted by Gasteiger charge is 2.69. The van der Waals surface area contributed by atoms with Gasteiger partial charge in [0, 0.05) is 17.9 Å². The first-order valence-electron chi connectivity index (χ1n) is 12.2. The van der Waals surface area contributed by atoms with E-state index in [0.29, 0.717) is 29.4 Å². The van der Waals surface area contributed by atoms with Gasteiger partial charge in [-0.3, -0.25) is 9.59 Å². The normalized spacial score (nSPS) is 45.7. The molecule has 31 heavy (non-hydrogen) atoms. The molecule has 1 aromatic heterocycles. The third-order valence-electron chi connectivity index (χ3n) is 10.6. The maximum atomic E-state index is 14.0. The molecule has 0 bridgehead atoms. The first-order valence-corrected chi connectivity index (χ1v) is 12.2. The summed E-state index contributed by atoms with van der Waals surface area (Å²) in [5, 5.41) is 0. The molecule has 0 amide bonds. The van der Waals surface area contributed by atoms with Crippen molar-refractivity contribution in [3.63, 3.8) is 0 Å². The number of carbonyl (C=O) groups excluding carboxylic acids is 2. The molecule has 3 fully saturated rings. The lowest BCUT2D eigenvalue weighted by molar-refractivity contribution is -0.151. The molecule has 0 unspecified atom stereocenters. The van der Waals surface area contributed by atoms with E-state index in [2.05, 4.69) is 34.6 Å². The number of furan rings is 1. The van der Waals surface area contributed by atoms with E-state index in [1.54, 1.807) is 6.26 Å². The number of carbonyl (C=O) groups is 2. The second-order valence-corrected chi connectivity index (χ2v) is 12.5. The predicted molar refractivity (Wildman–Crippen MR) is 118 cm³/mol. The lowest BCUT2D eigenvalue weighted by Gasteiger charge is -2.62. The largest absolute Gasteiger partial charge is 0.461 e. The van der Waals surface area contributed by atoms with Crippen molar-refractivity contribution in [2.75, 3.05) is 0 Å². The van der Waals surface area contributed by atoms with Crippen LogP contribution in [0.25, 0.3) is 0 Å². The zero-order valence-electron chi connectivity index (χ0n) is 20.0. The third kappa shape index (κ3) is 2.72. The van der Waals surface area contributed by atoms with Gasteiger partial charge in [0.1, 0.15) is 6.10 Å². The van der Waals surface area contributed by atoms with Crippen LogP contribution in [0.2, 0.25) is 0 Å². The minimum atomic E-state index is -0.472. The van der Waals surface area contributed by atoms with E-state index < -0.39 is 11.5 Å². The zero-order valence-corrected chi connectivity index (χ0v) is 20.0. The summed E-state index contributed by atoms with van der Waals surface area (Å²) in [6, 6.07) is 1.83. The Hall–Kier alpha value is -1.58. The van der Waals surface area contributed by atoms with Gasteiger partial charge in [-0.15, -0.1) is 0 Å². The second kappa shape index (κ2) is 6.48. The molecule has 0 aromatic carbocycles. The topological polar surface area (TPSA) is 56.5 Å². The molecule has 1 heterocycles. The van der Waals surface area contributed by atoms with Gasteiger partial charge in [0.2, 0.25) is 5.78 Å². The van der Waals surface area contributed by atoms with Crippen LogP contribution in [0.1, 0.15) is 109 Å². The molecule has 1 aromatic rings. The molecular weight excluding hydrogens is 388 g/mol. The molecule has 7 atom stereocenters. The standard InChI is InChI=1S/C27H38O4/c1-16(28)31-18-14-20-26(5)12-8-19-24(2,3)10-7-11-25(19,4)21(26)15-27(20,6)23(29)22-17(18)9-13-30-22/h9,13,18-21H,7-8,10-12,14-15H2,1-6H3/t18-,19-,20-,21+,25-,26-,27-/m0/s1. The van der Waals surface area contributed by atoms with Gasteiger partial charge in [-0.1, -0.05) is 41.0 Å². The van der Waals surface area contributed by atoms with Gasteiger partial charge in [0.25, 0.3) is 0 Å². The summed E-state index contributed by atoms with van der Waals surface area (Å²) in [6.07, 6.45) is 9.05. The highest BCUT2D eigenvalue weighted by atomic mass is 16.5. The number of ether oxygens (including phenoxy) is 1. The molecule has 4 aliphatic carbocycles. The Bertz CT molecular complexity index is 927.